The molecule has 0 aliphatic carbocycles. The highest BCUT2D eigenvalue weighted by Gasteiger charge is 2.09. The van der Waals surface area contributed by atoms with E-state index in [9.17, 15) is 9.18 Å². The van der Waals surface area contributed by atoms with Crippen LogP contribution in [-0.2, 0) is 0 Å². The highest BCUT2D eigenvalue weighted by molar-refractivity contribution is 6.04. The molecule has 0 radical (unpaired) electrons. The lowest BCUT2D eigenvalue weighted by molar-refractivity contribution is 0.102. The Labute approximate surface area is 153 Å². The van der Waals surface area contributed by atoms with Crippen LogP contribution in [0.5, 0.6) is 0 Å². The monoisotopic (exact) mass is 359 g/mol. The van der Waals surface area contributed by atoms with Crippen LogP contribution in [0.15, 0.2) is 67.3 Å². The molecule has 4 rings (SSSR count). The number of halogens is 1. The minimum atomic E-state index is -0.397. The largest absolute Gasteiger partial charge is 0.397 e. The summed E-state index contributed by atoms with van der Waals surface area (Å²) in [5.74, 6) is -0.373. The van der Waals surface area contributed by atoms with Crippen LogP contribution in [-0.4, -0.2) is 20.9 Å². The van der Waals surface area contributed by atoms with Gasteiger partial charge in [0.05, 0.1) is 11.4 Å². The number of pyridine rings is 3. The quantitative estimate of drug-likeness (QED) is 0.582. The number of benzene rings is 1. The Bertz CT molecular complexity index is 1140. The topological polar surface area (TPSA) is 93.8 Å². The van der Waals surface area contributed by atoms with E-state index in [0.29, 0.717) is 22.8 Å². The summed E-state index contributed by atoms with van der Waals surface area (Å²) >= 11 is 0. The molecular weight excluding hydrogens is 345 g/mol. The number of nitrogen functional groups attached to an aromatic ring is 1. The van der Waals surface area contributed by atoms with E-state index in [1.54, 1.807) is 36.9 Å². The van der Waals surface area contributed by atoms with Crippen LogP contribution >= 0.6 is 0 Å². The molecule has 0 saturated heterocycles. The van der Waals surface area contributed by atoms with Gasteiger partial charge in [-0.3, -0.25) is 14.8 Å². The number of nitrogens with one attached hydrogen (secondary N) is 1. The number of nitrogens with two attached hydrogens (primary N) is 1. The van der Waals surface area contributed by atoms with Gasteiger partial charge in [-0.25, -0.2) is 9.37 Å². The van der Waals surface area contributed by atoms with Gasteiger partial charge in [0, 0.05) is 41.3 Å². The van der Waals surface area contributed by atoms with Crippen molar-refractivity contribution in [2.45, 2.75) is 0 Å². The maximum Gasteiger partial charge on any atom is 0.256 e. The molecule has 1 amide bonds. The van der Waals surface area contributed by atoms with E-state index >= 15 is 0 Å². The standard InChI is InChI=1S/C20H14FN5O/c21-16-3-1-12(2-4-16)20(27)26-19-7-13-6-18(24-9-15(13)10-25-19)14-5-17(22)11-23-8-14/h1-11H,22H2,(H,25,26,27). The van der Waals surface area contributed by atoms with Crippen molar-refractivity contribution in [3.8, 4) is 11.3 Å². The third-order valence-corrected chi connectivity index (χ3v) is 4.01. The third kappa shape index (κ3) is 3.57. The van der Waals surface area contributed by atoms with Crippen molar-refractivity contribution in [3.63, 3.8) is 0 Å². The zero-order chi connectivity index (χ0) is 18.8. The Morgan fingerprint density at radius 2 is 1.70 bits per heavy atom. The maximum absolute atomic E-state index is 13.0. The lowest BCUT2D eigenvalue weighted by Crippen LogP contribution is -2.12. The summed E-state index contributed by atoms with van der Waals surface area (Å²) < 4.78 is 13.0. The molecule has 0 spiro atoms. The fraction of sp³-hybridized carbons (Fsp3) is 0. The molecule has 7 heteroatoms. The van der Waals surface area contributed by atoms with Crippen molar-refractivity contribution >= 4 is 28.2 Å². The fourth-order valence-corrected chi connectivity index (χ4v) is 2.65. The molecule has 132 valence electrons. The first-order valence-corrected chi connectivity index (χ1v) is 8.12. The summed E-state index contributed by atoms with van der Waals surface area (Å²) in [6.07, 6.45) is 6.58. The molecule has 0 bridgehead atoms. The lowest BCUT2D eigenvalue weighted by atomic mass is 10.1. The minimum absolute atomic E-state index is 0.347. The van der Waals surface area contributed by atoms with Crippen LogP contribution in [0.2, 0.25) is 0 Å². The van der Waals surface area contributed by atoms with E-state index in [1.807, 2.05) is 6.07 Å². The van der Waals surface area contributed by atoms with Gasteiger partial charge in [0.1, 0.15) is 11.6 Å². The van der Waals surface area contributed by atoms with Gasteiger partial charge in [0.25, 0.3) is 5.91 Å². The second-order valence-electron chi connectivity index (χ2n) is 5.95. The number of rotatable bonds is 3. The van der Waals surface area contributed by atoms with E-state index in [2.05, 4.69) is 20.3 Å². The predicted octanol–water partition coefficient (Wildman–Crippen LogP) is 3.67. The number of nitrogens with zero attached hydrogens (tertiary/aromatic N) is 3. The number of carbonyl (C=O) groups excluding carboxylic acids is 1. The van der Waals surface area contributed by atoms with E-state index in [4.69, 9.17) is 5.73 Å². The summed E-state index contributed by atoms with van der Waals surface area (Å²) in [7, 11) is 0. The molecule has 0 aliphatic heterocycles. The van der Waals surface area contributed by atoms with E-state index in [0.717, 1.165) is 16.3 Å². The molecule has 4 aromatic rings. The summed E-state index contributed by atoms with van der Waals surface area (Å²) in [6.45, 7) is 0. The average Bonchev–Trinajstić information content (AvgIpc) is 2.68. The Hall–Kier alpha value is -3.87. The van der Waals surface area contributed by atoms with E-state index in [1.165, 1.54) is 24.3 Å². The first-order chi connectivity index (χ1) is 13.1. The number of aromatic nitrogens is 3. The van der Waals surface area contributed by atoms with Gasteiger partial charge in [-0.05, 0) is 47.9 Å². The third-order valence-electron chi connectivity index (χ3n) is 4.01. The number of hydrogen-bond acceptors (Lipinski definition) is 5. The van der Waals surface area contributed by atoms with Crippen molar-refractivity contribution in [2.24, 2.45) is 0 Å². The van der Waals surface area contributed by atoms with Crippen molar-refractivity contribution in [1.82, 2.24) is 15.0 Å². The lowest BCUT2D eigenvalue weighted by Gasteiger charge is -2.07. The smallest absolute Gasteiger partial charge is 0.256 e. The number of amides is 1. The molecule has 0 fully saturated rings. The van der Waals surface area contributed by atoms with Gasteiger partial charge in [0.15, 0.2) is 0 Å². The molecule has 3 aromatic heterocycles. The van der Waals surface area contributed by atoms with Crippen LogP contribution in [0.4, 0.5) is 15.9 Å². The van der Waals surface area contributed by atoms with Gasteiger partial charge < -0.3 is 11.1 Å². The van der Waals surface area contributed by atoms with E-state index < -0.39 is 5.82 Å². The number of hydrogen-bond donors (Lipinski definition) is 2. The average molecular weight is 359 g/mol. The number of fused-ring (bicyclic) bond motifs is 1. The Balaban J connectivity index is 1.64. The van der Waals surface area contributed by atoms with Crippen molar-refractivity contribution in [1.29, 1.82) is 0 Å². The molecule has 3 N–H and O–H groups in total. The van der Waals surface area contributed by atoms with Crippen LogP contribution in [0.1, 0.15) is 10.4 Å². The molecule has 0 aliphatic rings. The van der Waals surface area contributed by atoms with Gasteiger partial charge in [-0.2, -0.15) is 0 Å². The Kier molecular flexibility index (Phi) is 4.18. The van der Waals surface area contributed by atoms with Crippen LogP contribution in [0.3, 0.4) is 0 Å². The van der Waals surface area contributed by atoms with Gasteiger partial charge in [-0.1, -0.05) is 0 Å². The highest BCUT2D eigenvalue weighted by Crippen LogP contribution is 2.24. The van der Waals surface area contributed by atoms with Crippen molar-refractivity contribution in [2.75, 3.05) is 11.1 Å². The molecule has 0 unspecified atom stereocenters. The Morgan fingerprint density at radius 3 is 2.48 bits per heavy atom. The van der Waals surface area contributed by atoms with Crippen LogP contribution in [0, 0.1) is 5.82 Å². The molecule has 6 nitrogen and oxygen atoms in total. The number of anilines is 2. The second kappa shape index (κ2) is 6.80. The second-order valence-corrected chi connectivity index (χ2v) is 5.95. The zero-order valence-corrected chi connectivity index (χ0v) is 14.1. The molecule has 27 heavy (non-hydrogen) atoms. The highest BCUT2D eigenvalue weighted by atomic mass is 19.1. The summed E-state index contributed by atoms with van der Waals surface area (Å²) in [5, 5.41) is 4.40. The maximum atomic E-state index is 13.0. The molecular formula is C20H14FN5O. The molecule has 0 atom stereocenters. The summed E-state index contributed by atoms with van der Waals surface area (Å²) in [4.78, 5) is 25.0. The predicted molar refractivity (Wildman–Crippen MR) is 102 cm³/mol. The first-order valence-electron chi connectivity index (χ1n) is 8.12. The van der Waals surface area contributed by atoms with Crippen LogP contribution in [0.25, 0.3) is 22.0 Å². The van der Waals surface area contributed by atoms with Crippen molar-refractivity contribution in [3.05, 3.63) is 78.6 Å². The normalized spacial score (nSPS) is 10.7. The minimum Gasteiger partial charge on any atom is -0.397 e. The zero-order valence-electron chi connectivity index (χ0n) is 14.1. The summed E-state index contributed by atoms with van der Waals surface area (Å²) in [6, 6.07) is 10.7. The van der Waals surface area contributed by atoms with Crippen molar-refractivity contribution < 1.29 is 9.18 Å². The Morgan fingerprint density at radius 1 is 0.926 bits per heavy atom. The molecule has 0 saturated carbocycles. The molecule has 3 heterocycles. The fourth-order valence-electron chi connectivity index (χ4n) is 2.65. The van der Waals surface area contributed by atoms with Crippen LogP contribution < -0.4 is 11.1 Å². The molecule has 1 aromatic carbocycles. The van der Waals surface area contributed by atoms with Gasteiger partial charge >= 0.3 is 0 Å². The van der Waals surface area contributed by atoms with Gasteiger partial charge in [0.2, 0.25) is 0 Å². The van der Waals surface area contributed by atoms with Gasteiger partial charge in [-0.15, -0.1) is 0 Å². The summed E-state index contributed by atoms with van der Waals surface area (Å²) in [5.41, 5.74) is 8.19. The van der Waals surface area contributed by atoms with E-state index in [-0.39, 0.29) is 5.91 Å². The SMILES string of the molecule is Nc1cncc(-c2cc3cc(NC(=O)c4ccc(F)cc4)ncc3cn2)c1. The number of carbonyl (C=O) groups is 1. The first kappa shape index (κ1) is 16.6.